The number of anilines is 1. The monoisotopic (exact) mass is 314 g/mol. The second kappa shape index (κ2) is 6.43. The number of piperazine rings is 1. The van der Waals surface area contributed by atoms with Crippen molar-refractivity contribution in [1.82, 2.24) is 24.6 Å². The maximum Gasteiger partial charge on any atom is 0.163 e. The van der Waals surface area contributed by atoms with Gasteiger partial charge in [0.2, 0.25) is 0 Å². The van der Waals surface area contributed by atoms with E-state index in [9.17, 15) is 0 Å². The van der Waals surface area contributed by atoms with Crippen LogP contribution in [0.25, 0.3) is 11.0 Å². The van der Waals surface area contributed by atoms with Crippen LogP contribution in [0.2, 0.25) is 0 Å². The Kier molecular flexibility index (Phi) is 4.16. The van der Waals surface area contributed by atoms with Crippen LogP contribution >= 0.6 is 0 Å². The third kappa shape index (κ3) is 3.04. The van der Waals surface area contributed by atoms with E-state index in [1.54, 1.807) is 6.33 Å². The van der Waals surface area contributed by atoms with E-state index in [4.69, 9.17) is 0 Å². The average molecular weight is 314 g/mol. The smallest absolute Gasteiger partial charge is 0.163 e. The molecule has 0 amide bonds. The van der Waals surface area contributed by atoms with Crippen molar-refractivity contribution in [2.75, 3.05) is 37.6 Å². The second-order valence-electron chi connectivity index (χ2n) is 6.99. The van der Waals surface area contributed by atoms with Crippen LogP contribution in [0.15, 0.2) is 12.5 Å². The third-order valence-corrected chi connectivity index (χ3v) is 5.42. The number of aryl methyl sites for hydroxylation is 1. The first-order chi connectivity index (χ1) is 11.3. The van der Waals surface area contributed by atoms with Crippen molar-refractivity contribution in [2.45, 2.75) is 32.1 Å². The van der Waals surface area contributed by atoms with E-state index in [0.29, 0.717) is 0 Å². The van der Waals surface area contributed by atoms with Crippen LogP contribution in [0.3, 0.4) is 0 Å². The number of aromatic nitrogens is 4. The zero-order valence-electron chi connectivity index (χ0n) is 14.0. The Morgan fingerprint density at radius 2 is 1.83 bits per heavy atom. The largest absolute Gasteiger partial charge is 0.353 e. The molecule has 0 atom stereocenters. The number of hydrogen-bond donors (Lipinski definition) is 0. The predicted molar refractivity (Wildman–Crippen MR) is 91.5 cm³/mol. The summed E-state index contributed by atoms with van der Waals surface area (Å²) in [5, 5.41) is 5.39. The van der Waals surface area contributed by atoms with Gasteiger partial charge in [-0.1, -0.05) is 19.3 Å². The molecule has 1 aliphatic carbocycles. The molecule has 2 aromatic rings. The molecule has 1 saturated carbocycles. The summed E-state index contributed by atoms with van der Waals surface area (Å²) in [7, 11) is 1.93. The SMILES string of the molecule is Cn1ncc2c(N3CCN(CC4CCCCC4)CC3)ncnc21. The Morgan fingerprint density at radius 3 is 2.61 bits per heavy atom. The normalized spacial score (nSPS) is 21.2. The summed E-state index contributed by atoms with van der Waals surface area (Å²) in [4.78, 5) is 13.9. The highest BCUT2D eigenvalue weighted by Crippen LogP contribution is 2.26. The highest BCUT2D eigenvalue weighted by atomic mass is 15.3. The molecule has 0 N–H and O–H groups in total. The zero-order valence-corrected chi connectivity index (χ0v) is 14.0. The standard InChI is InChI=1S/C17H26N6/c1-21-16-15(11-20-21)17(19-13-18-16)23-9-7-22(8-10-23)12-14-5-3-2-4-6-14/h11,13-14H,2-10,12H2,1H3. The molecular formula is C17H26N6. The minimum atomic E-state index is 0.916. The van der Waals surface area contributed by atoms with Crippen LogP contribution in [0.4, 0.5) is 5.82 Å². The van der Waals surface area contributed by atoms with Gasteiger partial charge in [-0.25, -0.2) is 9.97 Å². The lowest BCUT2D eigenvalue weighted by Gasteiger charge is -2.37. The molecule has 2 aromatic heterocycles. The molecule has 124 valence electrons. The van der Waals surface area contributed by atoms with Crippen molar-refractivity contribution in [1.29, 1.82) is 0 Å². The minimum Gasteiger partial charge on any atom is -0.353 e. The molecule has 2 aliphatic rings. The molecule has 6 heteroatoms. The Morgan fingerprint density at radius 1 is 1.04 bits per heavy atom. The highest BCUT2D eigenvalue weighted by molar-refractivity contribution is 5.86. The fourth-order valence-electron chi connectivity index (χ4n) is 4.08. The molecule has 4 rings (SSSR count). The van der Waals surface area contributed by atoms with Gasteiger partial charge in [0.1, 0.15) is 12.1 Å². The molecule has 0 unspecified atom stereocenters. The van der Waals surface area contributed by atoms with Crippen molar-refractivity contribution in [2.24, 2.45) is 13.0 Å². The fourth-order valence-corrected chi connectivity index (χ4v) is 4.08. The number of hydrogen-bond acceptors (Lipinski definition) is 5. The number of fused-ring (bicyclic) bond motifs is 1. The number of rotatable bonds is 3. The predicted octanol–water partition coefficient (Wildman–Crippen LogP) is 2.07. The van der Waals surface area contributed by atoms with E-state index in [-0.39, 0.29) is 0 Å². The topological polar surface area (TPSA) is 50.1 Å². The highest BCUT2D eigenvalue weighted by Gasteiger charge is 2.23. The van der Waals surface area contributed by atoms with Crippen LogP contribution in [0.1, 0.15) is 32.1 Å². The van der Waals surface area contributed by atoms with Gasteiger partial charge >= 0.3 is 0 Å². The molecule has 23 heavy (non-hydrogen) atoms. The Hall–Kier alpha value is -1.69. The molecule has 0 aromatic carbocycles. The summed E-state index contributed by atoms with van der Waals surface area (Å²) in [6.45, 7) is 5.67. The van der Waals surface area contributed by atoms with Gasteiger partial charge in [0.05, 0.1) is 11.6 Å². The van der Waals surface area contributed by atoms with E-state index >= 15 is 0 Å². The van der Waals surface area contributed by atoms with Crippen molar-refractivity contribution in [3.05, 3.63) is 12.5 Å². The first kappa shape index (κ1) is 14.9. The summed E-state index contributed by atoms with van der Waals surface area (Å²) in [6, 6.07) is 0. The Labute approximate surface area is 137 Å². The van der Waals surface area contributed by atoms with E-state index in [0.717, 1.165) is 48.9 Å². The molecule has 2 fully saturated rings. The zero-order chi connectivity index (χ0) is 15.6. The van der Waals surface area contributed by atoms with Gasteiger partial charge in [-0.05, 0) is 18.8 Å². The van der Waals surface area contributed by atoms with Crippen molar-refractivity contribution >= 4 is 16.9 Å². The Balaban J connectivity index is 1.40. The summed E-state index contributed by atoms with van der Waals surface area (Å²) in [5.74, 6) is 1.97. The first-order valence-electron chi connectivity index (χ1n) is 8.91. The average Bonchev–Trinajstić information content (AvgIpc) is 2.98. The van der Waals surface area contributed by atoms with Gasteiger partial charge in [0, 0.05) is 39.8 Å². The van der Waals surface area contributed by atoms with Crippen LogP contribution in [-0.4, -0.2) is 57.4 Å². The third-order valence-electron chi connectivity index (χ3n) is 5.42. The van der Waals surface area contributed by atoms with Gasteiger partial charge in [0.15, 0.2) is 5.65 Å². The molecular weight excluding hydrogens is 288 g/mol. The molecule has 0 spiro atoms. The second-order valence-corrected chi connectivity index (χ2v) is 6.99. The summed E-state index contributed by atoms with van der Waals surface area (Å²) < 4.78 is 1.82. The maximum atomic E-state index is 4.53. The van der Waals surface area contributed by atoms with Crippen LogP contribution in [-0.2, 0) is 7.05 Å². The molecule has 6 nitrogen and oxygen atoms in total. The van der Waals surface area contributed by atoms with E-state index < -0.39 is 0 Å². The van der Waals surface area contributed by atoms with Gasteiger partial charge < -0.3 is 4.90 Å². The quantitative estimate of drug-likeness (QED) is 0.868. The lowest BCUT2D eigenvalue weighted by atomic mass is 9.89. The molecule has 0 radical (unpaired) electrons. The Bertz CT molecular complexity index is 652. The summed E-state index contributed by atoms with van der Waals surface area (Å²) >= 11 is 0. The molecule has 3 heterocycles. The summed E-state index contributed by atoms with van der Waals surface area (Å²) in [6.07, 6.45) is 10.7. The number of nitrogens with zero attached hydrogens (tertiary/aromatic N) is 6. The van der Waals surface area contributed by atoms with Crippen molar-refractivity contribution in [3.8, 4) is 0 Å². The minimum absolute atomic E-state index is 0.916. The van der Waals surface area contributed by atoms with Crippen molar-refractivity contribution in [3.63, 3.8) is 0 Å². The van der Waals surface area contributed by atoms with E-state index in [1.165, 1.54) is 38.6 Å². The summed E-state index contributed by atoms with van der Waals surface area (Å²) in [5.41, 5.74) is 0.916. The lowest BCUT2D eigenvalue weighted by molar-refractivity contribution is 0.192. The van der Waals surface area contributed by atoms with Gasteiger partial charge in [-0.2, -0.15) is 5.10 Å². The molecule has 1 aliphatic heterocycles. The van der Waals surface area contributed by atoms with Crippen LogP contribution in [0.5, 0.6) is 0 Å². The van der Waals surface area contributed by atoms with Gasteiger partial charge in [-0.3, -0.25) is 9.58 Å². The maximum absolute atomic E-state index is 4.53. The fraction of sp³-hybridized carbons (Fsp3) is 0.706. The van der Waals surface area contributed by atoms with Gasteiger partial charge in [-0.15, -0.1) is 0 Å². The molecule has 1 saturated heterocycles. The van der Waals surface area contributed by atoms with Crippen molar-refractivity contribution < 1.29 is 0 Å². The van der Waals surface area contributed by atoms with E-state index in [1.807, 2.05) is 17.9 Å². The van der Waals surface area contributed by atoms with Gasteiger partial charge in [0.25, 0.3) is 0 Å². The van der Waals surface area contributed by atoms with Crippen LogP contribution < -0.4 is 4.90 Å². The lowest BCUT2D eigenvalue weighted by Crippen LogP contribution is -2.48. The molecule has 0 bridgehead atoms. The van der Waals surface area contributed by atoms with E-state index in [2.05, 4.69) is 24.9 Å². The van der Waals surface area contributed by atoms with Crippen LogP contribution in [0, 0.1) is 5.92 Å². The first-order valence-corrected chi connectivity index (χ1v) is 8.91.